The fourth-order valence-corrected chi connectivity index (χ4v) is 5.08. The minimum atomic E-state index is -0.276. The zero-order valence-electron chi connectivity index (χ0n) is 13.1. The Hall–Kier alpha value is -1.66. The van der Waals surface area contributed by atoms with Crippen LogP contribution in [0.1, 0.15) is 44.2 Å². The van der Waals surface area contributed by atoms with Gasteiger partial charge in [-0.05, 0) is 31.7 Å². The molecule has 3 heterocycles. The fraction of sp³-hybridized carbons (Fsp3) is 0.353. The van der Waals surface area contributed by atoms with E-state index in [1.54, 1.807) is 0 Å². The predicted octanol–water partition coefficient (Wildman–Crippen LogP) is 3.18. The number of thiocarbonyl (C=S) groups is 1. The lowest BCUT2D eigenvalue weighted by Crippen LogP contribution is -2.49. The number of amides is 2. The predicted molar refractivity (Wildman–Crippen MR) is 96.3 cm³/mol. The van der Waals surface area contributed by atoms with E-state index in [-0.39, 0.29) is 17.4 Å². The van der Waals surface area contributed by atoms with Crippen LogP contribution >= 0.6 is 24.0 Å². The maximum atomic E-state index is 13.2. The minimum absolute atomic E-state index is 0.0910. The Balaban J connectivity index is 2.03. The maximum absolute atomic E-state index is 13.2. The number of benzene rings is 1. The quantitative estimate of drug-likeness (QED) is 0.580. The van der Waals surface area contributed by atoms with Gasteiger partial charge < -0.3 is 10.2 Å². The first-order valence-electron chi connectivity index (χ1n) is 7.56. The van der Waals surface area contributed by atoms with Crippen molar-refractivity contribution in [1.82, 2.24) is 5.32 Å². The highest BCUT2D eigenvalue weighted by Crippen LogP contribution is 2.53. The molecule has 1 aromatic rings. The molecule has 1 atom stereocenters. The van der Waals surface area contributed by atoms with Gasteiger partial charge in [0, 0.05) is 11.1 Å². The molecule has 6 heteroatoms. The van der Waals surface area contributed by atoms with Crippen LogP contribution in [0.2, 0.25) is 0 Å². The Labute approximate surface area is 144 Å². The van der Waals surface area contributed by atoms with Gasteiger partial charge in [0.05, 0.1) is 16.2 Å². The van der Waals surface area contributed by atoms with Crippen LogP contribution in [0.5, 0.6) is 0 Å². The third kappa shape index (κ3) is 1.94. The average Bonchev–Trinajstić information content (AvgIpc) is 2.93. The smallest absolute Gasteiger partial charge is 0.264 e. The molecule has 2 amide bonds. The second-order valence-electron chi connectivity index (χ2n) is 6.85. The first-order chi connectivity index (χ1) is 10.8. The number of para-hydroxylation sites is 1. The van der Waals surface area contributed by atoms with Gasteiger partial charge in [0.2, 0.25) is 0 Å². The van der Waals surface area contributed by atoms with Crippen molar-refractivity contribution in [2.75, 3.05) is 4.90 Å². The second-order valence-corrected chi connectivity index (χ2v) is 8.54. The Kier molecular flexibility index (Phi) is 3.03. The summed E-state index contributed by atoms with van der Waals surface area (Å²) >= 11 is 6.26. The molecule has 0 saturated carbocycles. The average molecular weight is 344 g/mol. The number of rotatable bonds is 0. The lowest BCUT2D eigenvalue weighted by atomic mass is 9.80. The molecule has 0 unspecified atom stereocenters. The van der Waals surface area contributed by atoms with E-state index in [4.69, 9.17) is 12.2 Å². The molecule has 0 spiro atoms. The van der Waals surface area contributed by atoms with Gasteiger partial charge in [-0.25, -0.2) is 0 Å². The second kappa shape index (κ2) is 4.68. The first-order valence-corrected chi connectivity index (χ1v) is 8.79. The van der Waals surface area contributed by atoms with Gasteiger partial charge in [-0.15, -0.1) is 0 Å². The highest BCUT2D eigenvalue weighted by Gasteiger charge is 2.49. The third-order valence-corrected chi connectivity index (χ3v) is 6.00. The monoisotopic (exact) mass is 344 g/mol. The molecule has 0 aliphatic carbocycles. The SMILES string of the molecule is C[C@@H]1CC(C)(C)N2C(=O)/C(=C3/SC(=S)NC3=O)c3cccc1c32. The Morgan fingerprint density at radius 3 is 2.74 bits per heavy atom. The van der Waals surface area contributed by atoms with Crippen molar-refractivity contribution < 1.29 is 9.59 Å². The summed E-state index contributed by atoms with van der Waals surface area (Å²) < 4.78 is 0.406. The van der Waals surface area contributed by atoms with Crippen LogP contribution in [0.4, 0.5) is 5.69 Å². The lowest BCUT2D eigenvalue weighted by molar-refractivity contribution is -0.116. The molecular formula is C17H16N2O2S2. The van der Waals surface area contributed by atoms with Gasteiger partial charge in [0.15, 0.2) is 0 Å². The van der Waals surface area contributed by atoms with E-state index in [2.05, 4.69) is 32.2 Å². The summed E-state index contributed by atoms with van der Waals surface area (Å²) in [6, 6.07) is 5.98. The number of carbonyl (C=O) groups is 2. The normalized spacial score (nSPS) is 28.2. The molecule has 23 heavy (non-hydrogen) atoms. The van der Waals surface area contributed by atoms with Gasteiger partial charge in [0.25, 0.3) is 11.8 Å². The number of thioether (sulfide) groups is 1. The molecule has 3 aliphatic heterocycles. The molecular weight excluding hydrogens is 328 g/mol. The highest BCUT2D eigenvalue weighted by atomic mass is 32.2. The molecule has 118 valence electrons. The van der Waals surface area contributed by atoms with Crippen molar-refractivity contribution in [2.24, 2.45) is 0 Å². The summed E-state index contributed by atoms with van der Waals surface area (Å²) in [5, 5.41) is 2.61. The largest absolute Gasteiger partial charge is 0.307 e. The minimum Gasteiger partial charge on any atom is -0.307 e. The number of hydrogen-bond donors (Lipinski definition) is 1. The van der Waals surface area contributed by atoms with Gasteiger partial charge >= 0.3 is 0 Å². The van der Waals surface area contributed by atoms with Crippen LogP contribution in [0.15, 0.2) is 23.1 Å². The summed E-state index contributed by atoms with van der Waals surface area (Å²) in [5.74, 6) is 0.0119. The zero-order valence-corrected chi connectivity index (χ0v) is 14.7. The van der Waals surface area contributed by atoms with Crippen molar-refractivity contribution in [3.05, 3.63) is 34.2 Å². The van der Waals surface area contributed by atoms with E-state index < -0.39 is 0 Å². The van der Waals surface area contributed by atoms with Gasteiger partial charge in [-0.2, -0.15) is 0 Å². The summed E-state index contributed by atoms with van der Waals surface area (Å²) in [4.78, 5) is 27.7. The fourth-order valence-electron chi connectivity index (χ4n) is 3.97. The Bertz CT molecular complexity index is 826. The number of nitrogens with zero attached hydrogens (tertiary/aromatic N) is 1. The number of carbonyl (C=O) groups excluding carboxylic acids is 2. The van der Waals surface area contributed by atoms with Gasteiger partial charge in [-0.3, -0.25) is 9.59 Å². The molecule has 1 fully saturated rings. The summed E-state index contributed by atoms with van der Waals surface area (Å²) in [6.45, 7) is 6.36. The Morgan fingerprint density at radius 1 is 1.35 bits per heavy atom. The summed E-state index contributed by atoms with van der Waals surface area (Å²) in [6.07, 6.45) is 0.898. The van der Waals surface area contributed by atoms with E-state index in [0.717, 1.165) is 17.7 Å². The van der Waals surface area contributed by atoms with Crippen LogP contribution < -0.4 is 10.2 Å². The molecule has 4 rings (SSSR count). The standard InChI is InChI=1S/C17H16N2O2S2/c1-8-7-17(2,3)19-12-9(8)5-4-6-10(12)11(15(19)21)13-14(20)18-16(22)23-13/h4-6,8H,7H2,1-3H3,(H,18,20,22)/b13-11+/t8-/m1/s1. The van der Waals surface area contributed by atoms with Crippen molar-refractivity contribution >= 4 is 51.4 Å². The highest BCUT2D eigenvalue weighted by molar-refractivity contribution is 8.27. The molecule has 0 bridgehead atoms. The van der Waals surface area contributed by atoms with Gasteiger partial charge in [0.1, 0.15) is 4.32 Å². The molecule has 1 saturated heterocycles. The number of anilines is 1. The van der Waals surface area contributed by atoms with E-state index >= 15 is 0 Å². The Morgan fingerprint density at radius 2 is 2.09 bits per heavy atom. The number of hydrogen-bond acceptors (Lipinski definition) is 4. The molecule has 0 radical (unpaired) electrons. The van der Waals surface area contributed by atoms with E-state index in [1.165, 1.54) is 17.3 Å². The van der Waals surface area contributed by atoms with Crippen LogP contribution in [-0.2, 0) is 9.59 Å². The van der Waals surface area contributed by atoms with Crippen LogP contribution in [0.3, 0.4) is 0 Å². The molecule has 0 aromatic heterocycles. The summed E-state index contributed by atoms with van der Waals surface area (Å²) in [7, 11) is 0. The molecule has 4 nitrogen and oxygen atoms in total. The van der Waals surface area contributed by atoms with Crippen LogP contribution in [-0.4, -0.2) is 21.7 Å². The molecule has 3 aliphatic rings. The molecule has 1 aromatic carbocycles. The van der Waals surface area contributed by atoms with E-state index in [0.29, 0.717) is 20.7 Å². The first kappa shape index (κ1) is 14.9. The van der Waals surface area contributed by atoms with E-state index in [9.17, 15) is 9.59 Å². The lowest BCUT2D eigenvalue weighted by Gasteiger charge is -2.43. The topological polar surface area (TPSA) is 49.4 Å². The van der Waals surface area contributed by atoms with Crippen molar-refractivity contribution in [1.29, 1.82) is 0 Å². The van der Waals surface area contributed by atoms with Crippen molar-refractivity contribution in [3.8, 4) is 0 Å². The van der Waals surface area contributed by atoms with Crippen LogP contribution in [0.25, 0.3) is 5.57 Å². The summed E-state index contributed by atoms with van der Waals surface area (Å²) in [5.41, 5.74) is 3.22. The zero-order chi connectivity index (χ0) is 16.5. The van der Waals surface area contributed by atoms with Gasteiger partial charge in [-0.1, -0.05) is 49.1 Å². The third-order valence-electron chi connectivity index (χ3n) is 4.76. The molecule has 1 N–H and O–H groups in total. The van der Waals surface area contributed by atoms with Crippen LogP contribution in [0, 0.1) is 0 Å². The van der Waals surface area contributed by atoms with E-state index in [1.807, 2.05) is 17.0 Å². The number of nitrogens with one attached hydrogen (secondary N) is 1. The van der Waals surface area contributed by atoms with Crippen molar-refractivity contribution in [3.63, 3.8) is 0 Å². The maximum Gasteiger partial charge on any atom is 0.264 e. The van der Waals surface area contributed by atoms with Crippen molar-refractivity contribution in [2.45, 2.75) is 38.6 Å².